The number of alkyl halides is 1. The van der Waals surface area contributed by atoms with Crippen LogP contribution in [0.2, 0.25) is 0 Å². The maximum Gasteiger partial charge on any atom is 0.306 e. The van der Waals surface area contributed by atoms with E-state index in [1.54, 1.807) is 0 Å². The highest BCUT2D eigenvalue weighted by Gasteiger charge is 2.40. The second-order valence-corrected chi connectivity index (χ2v) is 9.41. The Labute approximate surface area is 190 Å². The van der Waals surface area contributed by atoms with E-state index in [4.69, 9.17) is 4.74 Å². The third-order valence-electron chi connectivity index (χ3n) is 5.69. The second kappa shape index (κ2) is 15.1. The SMILES string of the molecule is CCCCCC(=O)CC[C@H]1[C@H](CI)CC(=O)[C@@H]1CC=CCCCC(=O)OC(C)C. The number of ketones is 2. The van der Waals surface area contributed by atoms with Crippen LogP contribution >= 0.6 is 22.6 Å². The molecule has 0 amide bonds. The molecule has 1 aliphatic carbocycles. The van der Waals surface area contributed by atoms with Crippen molar-refractivity contribution in [2.75, 3.05) is 4.43 Å². The first-order valence-corrected chi connectivity index (χ1v) is 12.9. The van der Waals surface area contributed by atoms with E-state index in [-0.39, 0.29) is 18.0 Å². The van der Waals surface area contributed by atoms with Crippen LogP contribution in [0.15, 0.2) is 12.2 Å². The zero-order valence-electron chi connectivity index (χ0n) is 18.5. The number of hydrogen-bond donors (Lipinski definition) is 0. The summed E-state index contributed by atoms with van der Waals surface area (Å²) in [4.78, 5) is 36.3. The van der Waals surface area contributed by atoms with E-state index in [2.05, 4.69) is 41.7 Å². The zero-order valence-corrected chi connectivity index (χ0v) is 20.6. The molecular formula is C24H39IO4. The molecule has 0 heterocycles. The molecule has 1 saturated carbocycles. The van der Waals surface area contributed by atoms with Gasteiger partial charge >= 0.3 is 5.97 Å². The van der Waals surface area contributed by atoms with E-state index in [0.717, 1.165) is 49.4 Å². The summed E-state index contributed by atoms with van der Waals surface area (Å²) in [5.74, 6) is 1.37. The Morgan fingerprint density at radius 3 is 2.55 bits per heavy atom. The Balaban J connectivity index is 2.42. The van der Waals surface area contributed by atoms with E-state index in [1.807, 2.05) is 13.8 Å². The van der Waals surface area contributed by atoms with Crippen molar-refractivity contribution < 1.29 is 19.1 Å². The Kier molecular flexibility index (Phi) is 13.7. The van der Waals surface area contributed by atoms with Gasteiger partial charge in [-0.1, -0.05) is 54.5 Å². The molecular weight excluding hydrogens is 479 g/mol. The van der Waals surface area contributed by atoms with Gasteiger partial charge in [-0.05, 0) is 57.8 Å². The Bertz CT molecular complexity index is 541. The van der Waals surface area contributed by atoms with E-state index in [9.17, 15) is 14.4 Å². The van der Waals surface area contributed by atoms with Crippen LogP contribution in [0.3, 0.4) is 0 Å². The lowest BCUT2D eigenvalue weighted by Gasteiger charge is -2.21. The summed E-state index contributed by atoms with van der Waals surface area (Å²) < 4.78 is 6.11. The number of unbranched alkanes of at least 4 members (excludes halogenated alkanes) is 3. The third kappa shape index (κ3) is 10.7. The van der Waals surface area contributed by atoms with Crippen LogP contribution in [-0.4, -0.2) is 28.1 Å². The number of hydrogen-bond acceptors (Lipinski definition) is 4. The number of ether oxygens (including phenoxy) is 1. The molecule has 29 heavy (non-hydrogen) atoms. The van der Waals surface area contributed by atoms with Crippen molar-refractivity contribution >= 4 is 40.1 Å². The summed E-state index contributed by atoms with van der Waals surface area (Å²) in [6.45, 7) is 5.86. The molecule has 0 aromatic carbocycles. The van der Waals surface area contributed by atoms with Crippen molar-refractivity contribution in [3.63, 3.8) is 0 Å². The maximum absolute atomic E-state index is 12.5. The molecule has 0 saturated heterocycles. The van der Waals surface area contributed by atoms with Gasteiger partial charge in [-0.3, -0.25) is 14.4 Å². The molecule has 5 heteroatoms. The van der Waals surface area contributed by atoms with Crippen LogP contribution in [0.4, 0.5) is 0 Å². The van der Waals surface area contributed by atoms with Crippen LogP contribution in [0, 0.1) is 17.8 Å². The molecule has 0 spiro atoms. The van der Waals surface area contributed by atoms with Crippen LogP contribution in [0.1, 0.15) is 91.4 Å². The van der Waals surface area contributed by atoms with Gasteiger partial charge in [-0.25, -0.2) is 0 Å². The molecule has 1 aliphatic rings. The third-order valence-corrected chi connectivity index (χ3v) is 6.82. The molecule has 4 nitrogen and oxygen atoms in total. The molecule has 0 aromatic heterocycles. The standard InChI is InChI=1S/C24H39IO4/c1-4-5-8-11-20(26)14-15-21-19(17-25)16-23(27)22(21)12-9-6-7-10-13-24(28)29-18(2)3/h6,9,18-19,21-22H,4-5,7-8,10-17H2,1-3H3/t19-,21-,22+/m0/s1. The smallest absolute Gasteiger partial charge is 0.306 e. The maximum atomic E-state index is 12.5. The van der Waals surface area contributed by atoms with E-state index in [1.165, 1.54) is 0 Å². The molecule has 0 bridgehead atoms. The predicted molar refractivity (Wildman–Crippen MR) is 126 cm³/mol. The zero-order chi connectivity index (χ0) is 21.6. The minimum absolute atomic E-state index is 0.0559. The lowest BCUT2D eigenvalue weighted by Crippen LogP contribution is -2.19. The predicted octanol–water partition coefficient (Wildman–Crippen LogP) is 6.24. The van der Waals surface area contributed by atoms with Crippen molar-refractivity contribution in [3.05, 3.63) is 12.2 Å². The fourth-order valence-corrected chi connectivity index (χ4v) is 5.08. The number of allylic oxidation sites excluding steroid dienone is 2. The van der Waals surface area contributed by atoms with Crippen LogP contribution in [0.25, 0.3) is 0 Å². The Morgan fingerprint density at radius 1 is 1.14 bits per heavy atom. The topological polar surface area (TPSA) is 60.4 Å². The fourth-order valence-electron chi connectivity index (χ4n) is 4.11. The number of esters is 1. The van der Waals surface area contributed by atoms with E-state index in [0.29, 0.717) is 49.1 Å². The molecule has 1 rings (SSSR count). The van der Waals surface area contributed by atoms with Gasteiger partial charge in [0.2, 0.25) is 0 Å². The monoisotopic (exact) mass is 518 g/mol. The summed E-state index contributed by atoms with van der Waals surface area (Å²) in [5.41, 5.74) is 0. The quantitative estimate of drug-likeness (QED) is 0.0847. The minimum atomic E-state index is -0.145. The summed E-state index contributed by atoms with van der Waals surface area (Å²) in [5, 5.41) is 0. The van der Waals surface area contributed by atoms with Crippen molar-refractivity contribution in [2.45, 2.75) is 97.5 Å². The van der Waals surface area contributed by atoms with Gasteiger partial charge in [0.05, 0.1) is 6.10 Å². The number of Topliss-reactive ketones (excluding diaryl/α,β-unsaturated/α-hetero) is 2. The Hall–Kier alpha value is -0.720. The number of carbonyl (C=O) groups is 3. The summed E-state index contributed by atoms with van der Waals surface area (Å²) in [6.07, 6.45) is 13.0. The first-order chi connectivity index (χ1) is 13.9. The molecule has 0 unspecified atom stereocenters. The van der Waals surface area contributed by atoms with Gasteiger partial charge in [0, 0.05) is 36.0 Å². The second-order valence-electron chi connectivity index (χ2n) is 8.53. The van der Waals surface area contributed by atoms with Gasteiger partial charge < -0.3 is 4.74 Å². The van der Waals surface area contributed by atoms with Crippen LogP contribution < -0.4 is 0 Å². The lowest BCUT2D eigenvalue weighted by molar-refractivity contribution is -0.147. The molecule has 0 N–H and O–H groups in total. The molecule has 166 valence electrons. The van der Waals surface area contributed by atoms with Crippen molar-refractivity contribution in [1.29, 1.82) is 0 Å². The molecule has 0 radical (unpaired) electrons. The van der Waals surface area contributed by atoms with Crippen molar-refractivity contribution in [1.82, 2.24) is 0 Å². The molecule has 3 atom stereocenters. The van der Waals surface area contributed by atoms with Gasteiger partial charge in [-0.2, -0.15) is 0 Å². The molecule has 0 aliphatic heterocycles. The summed E-state index contributed by atoms with van der Waals surface area (Å²) in [7, 11) is 0. The number of carbonyl (C=O) groups excluding carboxylic acids is 3. The van der Waals surface area contributed by atoms with Gasteiger partial charge in [0.25, 0.3) is 0 Å². The summed E-state index contributed by atoms with van der Waals surface area (Å²) >= 11 is 2.38. The van der Waals surface area contributed by atoms with Gasteiger partial charge in [-0.15, -0.1) is 0 Å². The van der Waals surface area contributed by atoms with Gasteiger partial charge in [0.1, 0.15) is 11.6 Å². The minimum Gasteiger partial charge on any atom is -0.463 e. The molecule has 1 fully saturated rings. The van der Waals surface area contributed by atoms with Crippen LogP contribution in [-0.2, 0) is 19.1 Å². The average Bonchev–Trinajstić information content (AvgIpc) is 2.97. The van der Waals surface area contributed by atoms with Crippen LogP contribution in [0.5, 0.6) is 0 Å². The highest BCUT2D eigenvalue weighted by atomic mass is 127. The highest BCUT2D eigenvalue weighted by molar-refractivity contribution is 14.1. The molecule has 0 aromatic rings. The first kappa shape index (κ1) is 26.3. The normalized spacial score (nSPS) is 22.0. The summed E-state index contributed by atoms with van der Waals surface area (Å²) in [6, 6.07) is 0. The van der Waals surface area contributed by atoms with Crippen molar-refractivity contribution in [3.8, 4) is 0 Å². The van der Waals surface area contributed by atoms with E-state index < -0.39 is 0 Å². The van der Waals surface area contributed by atoms with Crippen molar-refractivity contribution in [2.24, 2.45) is 17.8 Å². The first-order valence-electron chi connectivity index (χ1n) is 11.3. The van der Waals surface area contributed by atoms with E-state index >= 15 is 0 Å². The Morgan fingerprint density at radius 2 is 1.90 bits per heavy atom. The highest BCUT2D eigenvalue weighted by Crippen LogP contribution is 2.40. The largest absolute Gasteiger partial charge is 0.463 e. The average molecular weight is 518 g/mol. The number of halogens is 1. The lowest BCUT2D eigenvalue weighted by atomic mass is 9.83. The van der Waals surface area contributed by atoms with Gasteiger partial charge in [0.15, 0.2) is 0 Å². The number of rotatable bonds is 15. The fraction of sp³-hybridized carbons (Fsp3) is 0.792.